The molecule has 0 atom stereocenters. The van der Waals surface area contributed by atoms with E-state index < -0.39 is 0 Å². The Bertz CT molecular complexity index is 1020. The maximum atomic E-state index is 12.2. The van der Waals surface area contributed by atoms with Crippen LogP contribution in [0.3, 0.4) is 0 Å². The molecular weight excluding hydrogens is 362 g/mol. The van der Waals surface area contributed by atoms with E-state index in [1.54, 1.807) is 12.1 Å². The molecule has 0 spiro atoms. The van der Waals surface area contributed by atoms with Crippen molar-refractivity contribution in [1.82, 2.24) is 5.32 Å². The minimum absolute atomic E-state index is 0.364. The van der Waals surface area contributed by atoms with E-state index in [1.165, 1.54) is 11.1 Å². The molecule has 0 unspecified atom stereocenters. The number of para-hydroxylation sites is 2. The minimum atomic E-state index is -0.364. The normalized spacial score (nSPS) is 12.5. The Morgan fingerprint density at radius 3 is 1.48 bits per heavy atom. The van der Waals surface area contributed by atoms with Crippen LogP contribution in [-0.2, 0) is 12.8 Å². The molecule has 3 N–H and O–H groups in total. The number of aryl methyl sites for hydroxylation is 2. The van der Waals surface area contributed by atoms with Crippen LogP contribution in [0.2, 0.25) is 0 Å². The molecule has 0 saturated heterocycles. The SMILES string of the molecule is CCc1ccccc1Nc1cc2c(cc1Nc1ccccc1CC)C(=O)NC2=O. The van der Waals surface area contributed by atoms with E-state index >= 15 is 0 Å². The zero-order valence-electron chi connectivity index (χ0n) is 16.5. The van der Waals surface area contributed by atoms with Gasteiger partial charge in [-0.25, -0.2) is 0 Å². The Kier molecular flexibility index (Phi) is 5.04. The summed E-state index contributed by atoms with van der Waals surface area (Å²) in [7, 11) is 0. The van der Waals surface area contributed by atoms with E-state index in [0.29, 0.717) is 11.1 Å². The molecule has 1 aliphatic rings. The summed E-state index contributed by atoms with van der Waals surface area (Å²) in [6.07, 6.45) is 1.77. The lowest BCUT2D eigenvalue weighted by Crippen LogP contribution is -2.19. The van der Waals surface area contributed by atoms with Gasteiger partial charge in [0, 0.05) is 11.4 Å². The second kappa shape index (κ2) is 7.80. The highest BCUT2D eigenvalue weighted by molar-refractivity contribution is 6.22. The number of carbonyl (C=O) groups excluding carboxylic acids is 2. The van der Waals surface area contributed by atoms with Gasteiger partial charge in [-0.05, 0) is 48.2 Å². The fourth-order valence-electron chi connectivity index (χ4n) is 3.61. The number of rotatable bonds is 6. The predicted molar refractivity (Wildman–Crippen MR) is 116 cm³/mol. The lowest BCUT2D eigenvalue weighted by molar-refractivity contribution is 0.0879. The van der Waals surface area contributed by atoms with Crippen molar-refractivity contribution in [3.63, 3.8) is 0 Å². The fraction of sp³-hybridized carbons (Fsp3) is 0.167. The molecule has 1 aliphatic heterocycles. The summed E-state index contributed by atoms with van der Waals surface area (Å²) in [4.78, 5) is 24.4. The van der Waals surface area contributed by atoms with Gasteiger partial charge in [0.1, 0.15) is 0 Å². The molecular formula is C24H23N3O2. The van der Waals surface area contributed by atoms with E-state index in [2.05, 4.69) is 41.9 Å². The van der Waals surface area contributed by atoms with Gasteiger partial charge in [-0.2, -0.15) is 0 Å². The summed E-state index contributed by atoms with van der Waals surface area (Å²) in [6, 6.07) is 19.6. The first-order chi connectivity index (χ1) is 14.1. The Hall–Kier alpha value is -3.60. The second-order valence-electron chi connectivity index (χ2n) is 7.00. The molecule has 2 amide bonds. The molecule has 0 fully saturated rings. The van der Waals surface area contributed by atoms with E-state index in [4.69, 9.17) is 0 Å². The van der Waals surface area contributed by atoms with Crippen LogP contribution in [-0.4, -0.2) is 11.8 Å². The van der Waals surface area contributed by atoms with Crippen LogP contribution >= 0.6 is 0 Å². The third-order valence-corrected chi connectivity index (χ3v) is 5.21. The van der Waals surface area contributed by atoms with Crippen LogP contribution < -0.4 is 16.0 Å². The van der Waals surface area contributed by atoms with Gasteiger partial charge in [-0.3, -0.25) is 14.9 Å². The fourth-order valence-corrected chi connectivity index (χ4v) is 3.61. The third kappa shape index (κ3) is 3.59. The molecule has 0 aliphatic carbocycles. The van der Waals surface area contributed by atoms with Crippen molar-refractivity contribution in [2.24, 2.45) is 0 Å². The van der Waals surface area contributed by atoms with E-state index in [9.17, 15) is 9.59 Å². The van der Waals surface area contributed by atoms with Gasteiger partial charge in [0.2, 0.25) is 0 Å². The van der Waals surface area contributed by atoms with Crippen LogP contribution in [0.15, 0.2) is 60.7 Å². The average molecular weight is 385 g/mol. The van der Waals surface area contributed by atoms with Crippen molar-refractivity contribution < 1.29 is 9.59 Å². The van der Waals surface area contributed by atoms with Gasteiger partial charge < -0.3 is 10.6 Å². The summed E-state index contributed by atoms with van der Waals surface area (Å²) < 4.78 is 0. The molecule has 0 aromatic heterocycles. The van der Waals surface area contributed by atoms with Gasteiger partial charge in [-0.15, -0.1) is 0 Å². The lowest BCUT2D eigenvalue weighted by atomic mass is 10.0. The highest BCUT2D eigenvalue weighted by atomic mass is 16.2. The van der Waals surface area contributed by atoms with Crippen molar-refractivity contribution in [3.05, 3.63) is 82.9 Å². The molecule has 5 nitrogen and oxygen atoms in total. The number of anilines is 4. The molecule has 5 heteroatoms. The van der Waals surface area contributed by atoms with Gasteiger partial charge in [0.25, 0.3) is 11.8 Å². The smallest absolute Gasteiger partial charge is 0.259 e. The number of carbonyl (C=O) groups is 2. The minimum Gasteiger partial charge on any atom is -0.354 e. The Morgan fingerprint density at radius 2 is 1.07 bits per heavy atom. The molecule has 3 aromatic rings. The molecule has 4 rings (SSSR count). The summed E-state index contributed by atoms with van der Waals surface area (Å²) in [5, 5.41) is 9.30. The van der Waals surface area contributed by atoms with E-state index in [1.807, 2.05) is 36.4 Å². The van der Waals surface area contributed by atoms with Crippen molar-refractivity contribution >= 4 is 34.6 Å². The van der Waals surface area contributed by atoms with Crippen LogP contribution in [0.5, 0.6) is 0 Å². The summed E-state index contributed by atoms with van der Waals surface area (Å²) >= 11 is 0. The largest absolute Gasteiger partial charge is 0.354 e. The first kappa shape index (κ1) is 18.7. The standard InChI is InChI=1S/C24H23N3O2/c1-3-15-9-5-7-11-19(15)25-21-13-17-18(24(29)27-23(17)28)14-22(21)26-20-12-8-6-10-16(20)4-2/h5-14,25-26H,3-4H2,1-2H3,(H,27,28,29). The zero-order chi connectivity index (χ0) is 20.4. The number of fused-ring (bicyclic) bond motifs is 1. The van der Waals surface area contributed by atoms with Crippen molar-refractivity contribution in [1.29, 1.82) is 0 Å². The number of hydrogen-bond donors (Lipinski definition) is 3. The third-order valence-electron chi connectivity index (χ3n) is 5.21. The number of nitrogens with one attached hydrogen (secondary N) is 3. The molecule has 0 radical (unpaired) electrons. The second-order valence-corrected chi connectivity index (χ2v) is 7.00. The quantitative estimate of drug-likeness (QED) is 0.511. The van der Waals surface area contributed by atoms with Crippen LogP contribution in [0.4, 0.5) is 22.7 Å². The highest BCUT2D eigenvalue weighted by Crippen LogP contribution is 2.35. The zero-order valence-corrected chi connectivity index (χ0v) is 16.5. The van der Waals surface area contributed by atoms with Gasteiger partial charge in [-0.1, -0.05) is 50.2 Å². The maximum absolute atomic E-state index is 12.2. The predicted octanol–water partition coefficient (Wildman–Crippen LogP) is 5.18. The van der Waals surface area contributed by atoms with E-state index in [-0.39, 0.29) is 11.8 Å². The van der Waals surface area contributed by atoms with Crippen molar-refractivity contribution in [2.45, 2.75) is 26.7 Å². The monoisotopic (exact) mass is 385 g/mol. The van der Waals surface area contributed by atoms with Crippen molar-refractivity contribution in [2.75, 3.05) is 10.6 Å². The van der Waals surface area contributed by atoms with Gasteiger partial charge >= 0.3 is 0 Å². The van der Waals surface area contributed by atoms with Crippen LogP contribution in [0.1, 0.15) is 45.7 Å². The first-order valence-electron chi connectivity index (χ1n) is 9.84. The topological polar surface area (TPSA) is 70.2 Å². The van der Waals surface area contributed by atoms with Gasteiger partial charge in [0.05, 0.1) is 22.5 Å². The Balaban J connectivity index is 1.81. The lowest BCUT2D eigenvalue weighted by Gasteiger charge is -2.18. The Morgan fingerprint density at radius 1 is 0.655 bits per heavy atom. The van der Waals surface area contributed by atoms with Gasteiger partial charge in [0.15, 0.2) is 0 Å². The molecule has 0 saturated carbocycles. The maximum Gasteiger partial charge on any atom is 0.259 e. The van der Waals surface area contributed by atoms with Crippen molar-refractivity contribution in [3.8, 4) is 0 Å². The highest BCUT2D eigenvalue weighted by Gasteiger charge is 2.28. The molecule has 146 valence electrons. The summed E-state index contributed by atoms with van der Waals surface area (Å²) in [5.74, 6) is -0.727. The molecule has 29 heavy (non-hydrogen) atoms. The van der Waals surface area contributed by atoms with E-state index in [0.717, 1.165) is 35.6 Å². The summed E-state index contributed by atoms with van der Waals surface area (Å²) in [5.41, 5.74) is 6.59. The molecule has 3 aromatic carbocycles. The number of benzene rings is 3. The first-order valence-corrected chi connectivity index (χ1v) is 9.84. The van der Waals surface area contributed by atoms with Crippen LogP contribution in [0, 0.1) is 0 Å². The molecule has 0 bridgehead atoms. The average Bonchev–Trinajstić information content (AvgIpc) is 3.01. The number of hydrogen-bond acceptors (Lipinski definition) is 4. The number of imide groups is 1. The number of amides is 2. The Labute approximate surface area is 170 Å². The van der Waals surface area contributed by atoms with Crippen LogP contribution in [0.25, 0.3) is 0 Å². The summed E-state index contributed by atoms with van der Waals surface area (Å²) in [6.45, 7) is 4.21. The molecule has 1 heterocycles.